The van der Waals surface area contributed by atoms with E-state index in [2.05, 4.69) is 21.9 Å². The number of hydrogen-bond acceptors (Lipinski definition) is 8. The van der Waals surface area contributed by atoms with Gasteiger partial charge in [-0.15, -0.1) is 0 Å². The molecule has 0 radical (unpaired) electrons. The van der Waals surface area contributed by atoms with Crippen LogP contribution in [0.3, 0.4) is 0 Å². The number of nitrogens with zero attached hydrogens (tertiary/aromatic N) is 6. The summed E-state index contributed by atoms with van der Waals surface area (Å²) in [5, 5.41) is 5.68. The van der Waals surface area contributed by atoms with E-state index in [1.807, 2.05) is 70.3 Å². The van der Waals surface area contributed by atoms with Gasteiger partial charge in [-0.05, 0) is 62.7 Å². The number of likely N-dealkylation sites (N-methyl/N-ethyl adjacent to an activating group) is 1. The van der Waals surface area contributed by atoms with Gasteiger partial charge < -0.3 is 20.1 Å². The Kier molecular flexibility index (Phi) is 7.93. The zero-order valence-corrected chi connectivity index (χ0v) is 23.2. The average Bonchev–Trinajstić information content (AvgIpc) is 3.65. The summed E-state index contributed by atoms with van der Waals surface area (Å²) in [6, 6.07) is 17.9. The summed E-state index contributed by atoms with van der Waals surface area (Å²) in [7, 11) is 2.11. The molecule has 0 saturated carbocycles. The van der Waals surface area contributed by atoms with Gasteiger partial charge in [0, 0.05) is 50.5 Å². The molecule has 1 unspecified atom stereocenters. The van der Waals surface area contributed by atoms with E-state index in [1.165, 1.54) is 6.33 Å². The number of para-hydroxylation sites is 1. The number of nitrogens with two attached hydrogens (primary N) is 1. The molecule has 1 atom stereocenters. The largest absolute Gasteiger partial charge is 0.457 e. The van der Waals surface area contributed by atoms with Crippen LogP contribution in [0.15, 0.2) is 73.1 Å². The number of rotatable bonds is 8. The Labute approximate surface area is 239 Å². The Morgan fingerprint density at radius 3 is 2.61 bits per heavy atom. The fourth-order valence-electron chi connectivity index (χ4n) is 5.60. The molecule has 2 aromatic heterocycles. The lowest BCUT2D eigenvalue weighted by atomic mass is 10.1. The number of ether oxygens (including phenoxy) is 2. The van der Waals surface area contributed by atoms with Crippen LogP contribution in [0.25, 0.3) is 22.3 Å². The van der Waals surface area contributed by atoms with Crippen LogP contribution in [0, 0.1) is 0 Å². The van der Waals surface area contributed by atoms with E-state index < -0.39 is 0 Å². The number of benzene rings is 2. The average molecular weight is 554 g/mol. The van der Waals surface area contributed by atoms with Crippen LogP contribution in [0.1, 0.15) is 25.3 Å². The summed E-state index contributed by atoms with van der Waals surface area (Å²) in [5.74, 6) is 1.90. The minimum atomic E-state index is -0.0106. The predicted molar refractivity (Wildman–Crippen MR) is 158 cm³/mol. The van der Waals surface area contributed by atoms with Crippen LogP contribution in [0.4, 0.5) is 5.82 Å². The molecule has 2 aromatic carbocycles. The van der Waals surface area contributed by atoms with Crippen LogP contribution in [-0.2, 0) is 9.53 Å². The number of fused-ring (bicyclic) bond motifs is 1. The van der Waals surface area contributed by atoms with Crippen molar-refractivity contribution in [3.8, 4) is 22.8 Å². The Bertz CT molecular complexity index is 1510. The second-order valence-electron chi connectivity index (χ2n) is 10.6. The first-order chi connectivity index (χ1) is 20.1. The third-order valence-corrected chi connectivity index (χ3v) is 7.91. The van der Waals surface area contributed by atoms with Crippen molar-refractivity contribution < 1.29 is 14.3 Å². The number of carbonyl (C=O) groups excluding carboxylic acids is 1. The van der Waals surface area contributed by atoms with Gasteiger partial charge in [0.15, 0.2) is 5.65 Å². The fourth-order valence-corrected chi connectivity index (χ4v) is 5.60. The zero-order chi connectivity index (χ0) is 28.2. The molecule has 4 heterocycles. The maximum absolute atomic E-state index is 13.0. The lowest BCUT2D eigenvalue weighted by molar-refractivity contribution is -0.125. The maximum Gasteiger partial charge on any atom is 0.246 e. The number of carbonyl (C=O) groups is 1. The number of hydrogen-bond donors (Lipinski definition) is 1. The van der Waals surface area contributed by atoms with E-state index in [-0.39, 0.29) is 11.9 Å². The summed E-state index contributed by atoms with van der Waals surface area (Å²) < 4.78 is 13.3. The van der Waals surface area contributed by atoms with Crippen LogP contribution in [0.5, 0.6) is 11.5 Å². The molecule has 6 rings (SSSR count). The maximum atomic E-state index is 13.0. The van der Waals surface area contributed by atoms with E-state index in [4.69, 9.17) is 20.3 Å². The van der Waals surface area contributed by atoms with E-state index >= 15 is 0 Å². The van der Waals surface area contributed by atoms with Gasteiger partial charge >= 0.3 is 0 Å². The normalized spacial score (nSPS) is 18.1. The molecule has 0 bridgehead atoms. The fraction of sp³-hybridized carbons (Fsp3) is 0.355. The quantitative estimate of drug-likeness (QED) is 0.322. The molecule has 4 aromatic rings. The van der Waals surface area contributed by atoms with Gasteiger partial charge in [-0.3, -0.25) is 9.69 Å². The van der Waals surface area contributed by atoms with Crippen molar-refractivity contribution in [3.05, 3.63) is 73.1 Å². The number of likely N-dealkylation sites (tertiary alicyclic amines) is 1. The highest BCUT2D eigenvalue weighted by Crippen LogP contribution is 2.35. The lowest BCUT2D eigenvalue weighted by Gasteiger charge is -2.30. The minimum absolute atomic E-state index is 0.0106. The van der Waals surface area contributed by atoms with Crippen LogP contribution in [0.2, 0.25) is 0 Å². The lowest BCUT2D eigenvalue weighted by Crippen LogP contribution is -2.36. The molecule has 2 aliphatic rings. The molecule has 10 heteroatoms. The topological polar surface area (TPSA) is 112 Å². The van der Waals surface area contributed by atoms with Gasteiger partial charge in [0.1, 0.15) is 29.3 Å². The Hall–Kier alpha value is -4.28. The van der Waals surface area contributed by atoms with E-state index in [0.29, 0.717) is 41.7 Å². The van der Waals surface area contributed by atoms with Crippen molar-refractivity contribution in [2.24, 2.45) is 0 Å². The van der Waals surface area contributed by atoms with Crippen LogP contribution < -0.4 is 10.5 Å². The second-order valence-corrected chi connectivity index (χ2v) is 10.6. The molecule has 10 nitrogen and oxygen atoms in total. The molecule has 2 aliphatic heterocycles. The first kappa shape index (κ1) is 26.9. The molecule has 2 N–H and O–H groups in total. The number of nitrogen functional groups attached to an aromatic ring is 1. The molecular weight excluding hydrogens is 518 g/mol. The zero-order valence-electron chi connectivity index (χ0n) is 23.2. The standard InChI is InChI=1S/C31H35N7O3/c1-36(23-14-18-40-19-15-23)16-5-8-27(39)37-17-13-24(20-37)38-31-28(30(32)33-21-34-31)29(35-38)22-9-11-26(12-10-22)41-25-6-3-2-4-7-25/h2-12,21,23-24H,13-20H2,1H3,(H2,32,33,34). The minimum Gasteiger partial charge on any atom is -0.457 e. The summed E-state index contributed by atoms with van der Waals surface area (Å²) >= 11 is 0. The number of aromatic nitrogens is 4. The third kappa shape index (κ3) is 5.94. The Balaban J connectivity index is 1.16. The van der Waals surface area contributed by atoms with Gasteiger partial charge in [0.25, 0.3) is 0 Å². The summed E-state index contributed by atoms with van der Waals surface area (Å²) in [6.07, 6.45) is 7.98. The summed E-state index contributed by atoms with van der Waals surface area (Å²) in [6.45, 7) is 3.57. The van der Waals surface area contributed by atoms with E-state index in [1.54, 1.807) is 6.08 Å². The van der Waals surface area contributed by atoms with E-state index in [9.17, 15) is 4.79 Å². The van der Waals surface area contributed by atoms with Crippen molar-refractivity contribution >= 4 is 22.8 Å². The SMILES string of the molecule is CN(CC=CC(=O)N1CCC(n2nc(-c3ccc(Oc4ccccc4)cc3)c3c(N)ncnc32)C1)C1CCOCC1. The molecule has 0 aliphatic carbocycles. The van der Waals surface area contributed by atoms with Crippen molar-refractivity contribution in [2.45, 2.75) is 31.3 Å². The second kappa shape index (κ2) is 12.1. The Morgan fingerprint density at radius 2 is 1.83 bits per heavy atom. The number of anilines is 1. The third-order valence-electron chi connectivity index (χ3n) is 7.91. The molecule has 41 heavy (non-hydrogen) atoms. The van der Waals surface area contributed by atoms with Crippen LogP contribution >= 0.6 is 0 Å². The summed E-state index contributed by atoms with van der Waals surface area (Å²) in [5.41, 5.74) is 8.60. The smallest absolute Gasteiger partial charge is 0.246 e. The highest BCUT2D eigenvalue weighted by atomic mass is 16.5. The molecule has 2 saturated heterocycles. The number of amides is 1. The predicted octanol–water partition coefficient (Wildman–Crippen LogP) is 4.31. The van der Waals surface area contributed by atoms with Gasteiger partial charge in [0.2, 0.25) is 5.91 Å². The molecule has 0 spiro atoms. The Morgan fingerprint density at radius 1 is 1.07 bits per heavy atom. The van der Waals surface area contributed by atoms with Crippen molar-refractivity contribution in [2.75, 3.05) is 45.6 Å². The highest BCUT2D eigenvalue weighted by Gasteiger charge is 2.30. The molecule has 212 valence electrons. The van der Waals surface area contributed by atoms with Gasteiger partial charge in [0.05, 0.1) is 11.4 Å². The van der Waals surface area contributed by atoms with Crippen molar-refractivity contribution in [3.63, 3.8) is 0 Å². The van der Waals surface area contributed by atoms with Crippen LogP contribution in [-0.4, -0.2) is 81.4 Å². The highest BCUT2D eigenvalue weighted by molar-refractivity contribution is 5.98. The summed E-state index contributed by atoms with van der Waals surface area (Å²) in [4.78, 5) is 25.9. The monoisotopic (exact) mass is 553 g/mol. The molecule has 1 amide bonds. The van der Waals surface area contributed by atoms with Crippen molar-refractivity contribution in [1.29, 1.82) is 0 Å². The first-order valence-corrected chi connectivity index (χ1v) is 14.1. The van der Waals surface area contributed by atoms with Gasteiger partial charge in [-0.1, -0.05) is 24.3 Å². The van der Waals surface area contributed by atoms with Gasteiger partial charge in [-0.25, -0.2) is 14.6 Å². The first-order valence-electron chi connectivity index (χ1n) is 14.1. The van der Waals surface area contributed by atoms with E-state index in [0.717, 1.165) is 56.1 Å². The van der Waals surface area contributed by atoms with Crippen molar-refractivity contribution in [1.82, 2.24) is 29.5 Å². The molecule has 2 fully saturated rings. The molecular formula is C31H35N7O3. The van der Waals surface area contributed by atoms with Gasteiger partial charge in [-0.2, -0.15) is 5.10 Å².